The van der Waals surface area contributed by atoms with Gasteiger partial charge in [-0.05, 0) is 51.9 Å². The number of likely N-dealkylation sites (tertiary alicyclic amines) is 1. The van der Waals surface area contributed by atoms with Gasteiger partial charge in [-0.3, -0.25) is 0 Å². The lowest BCUT2D eigenvalue weighted by Crippen LogP contribution is -2.42. The quantitative estimate of drug-likeness (QED) is 0.433. The van der Waals surface area contributed by atoms with E-state index in [4.69, 9.17) is 19.4 Å². The summed E-state index contributed by atoms with van der Waals surface area (Å²) in [6.45, 7) is 4.71. The SMILES string of the molecule is CNCCCOc1cccc(-c2nc(NC3CCN(C(=O)OC)CC3)cc(-c3c(C)nnn3C)n2)c1. The zero-order valence-corrected chi connectivity index (χ0v) is 21.3. The molecule has 36 heavy (non-hydrogen) atoms. The summed E-state index contributed by atoms with van der Waals surface area (Å²) < 4.78 is 12.5. The molecule has 0 aliphatic carbocycles. The number of amides is 1. The van der Waals surface area contributed by atoms with Gasteiger partial charge in [-0.2, -0.15) is 0 Å². The summed E-state index contributed by atoms with van der Waals surface area (Å²) in [6, 6.07) is 9.94. The Kier molecular flexibility index (Phi) is 8.32. The molecule has 3 aromatic rings. The number of aromatic nitrogens is 5. The van der Waals surface area contributed by atoms with Crippen molar-refractivity contribution in [1.82, 2.24) is 35.2 Å². The predicted octanol–water partition coefficient (Wildman–Crippen LogP) is 2.88. The first-order valence-corrected chi connectivity index (χ1v) is 12.2. The molecule has 192 valence electrons. The van der Waals surface area contributed by atoms with Gasteiger partial charge in [0.2, 0.25) is 0 Å². The molecule has 0 unspecified atom stereocenters. The Hall–Kier alpha value is -3.73. The van der Waals surface area contributed by atoms with Crippen molar-refractivity contribution in [2.24, 2.45) is 7.05 Å². The highest BCUT2D eigenvalue weighted by Gasteiger charge is 2.24. The first-order chi connectivity index (χ1) is 17.5. The van der Waals surface area contributed by atoms with Crippen molar-refractivity contribution in [3.05, 3.63) is 36.0 Å². The molecular weight excluding hydrogens is 460 g/mol. The first-order valence-electron chi connectivity index (χ1n) is 12.2. The molecule has 0 saturated carbocycles. The van der Waals surface area contributed by atoms with E-state index in [1.807, 2.05) is 51.4 Å². The van der Waals surface area contributed by atoms with Crippen LogP contribution in [0.4, 0.5) is 10.6 Å². The maximum atomic E-state index is 11.8. The van der Waals surface area contributed by atoms with Crippen LogP contribution >= 0.6 is 0 Å². The average molecular weight is 495 g/mol. The Labute approximate surface area is 211 Å². The number of methoxy groups -OCH3 is 1. The standard InChI is InChI=1S/C25H34N8O3/c1-17-23(32(3)31-30-17)21-16-22(27-19-9-12-33(13-10-19)25(34)35-4)29-24(28-21)18-7-5-8-20(15-18)36-14-6-11-26-2/h5,7-8,15-16,19,26H,6,9-14H2,1-4H3,(H,27,28,29). The van der Waals surface area contributed by atoms with Crippen molar-refractivity contribution >= 4 is 11.9 Å². The normalized spacial score (nSPS) is 14.1. The van der Waals surface area contributed by atoms with Crippen LogP contribution in [0.15, 0.2) is 30.3 Å². The van der Waals surface area contributed by atoms with E-state index >= 15 is 0 Å². The number of piperidine rings is 1. The summed E-state index contributed by atoms with van der Waals surface area (Å²) in [4.78, 5) is 23.3. The van der Waals surface area contributed by atoms with Gasteiger partial charge in [0.05, 0.1) is 25.1 Å². The molecule has 1 saturated heterocycles. The Morgan fingerprint density at radius 3 is 2.69 bits per heavy atom. The molecule has 11 nitrogen and oxygen atoms in total. The third-order valence-corrected chi connectivity index (χ3v) is 6.18. The zero-order valence-electron chi connectivity index (χ0n) is 21.3. The fraction of sp³-hybridized carbons (Fsp3) is 0.480. The Morgan fingerprint density at radius 1 is 1.19 bits per heavy atom. The molecule has 1 aromatic carbocycles. The number of hydrogen-bond acceptors (Lipinski definition) is 9. The van der Waals surface area contributed by atoms with Gasteiger partial charge in [0.1, 0.15) is 17.3 Å². The number of nitrogens with one attached hydrogen (secondary N) is 2. The fourth-order valence-corrected chi connectivity index (χ4v) is 4.29. The lowest BCUT2D eigenvalue weighted by Gasteiger charge is -2.31. The Morgan fingerprint density at radius 2 is 2.00 bits per heavy atom. The van der Waals surface area contributed by atoms with Crippen molar-refractivity contribution in [2.75, 3.05) is 45.7 Å². The van der Waals surface area contributed by atoms with E-state index in [2.05, 4.69) is 20.9 Å². The molecule has 0 atom stereocenters. The molecule has 4 rings (SSSR count). The summed E-state index contributed by atoms with van der Waals surface area (Å²) >= 11 is 0. The van der Waals surface area contributed by atoms with Gasteiger partial charge in [-0.25, -0.2) is 19.4 Å². The van der Waals surface area contributed by atoms with Gasteiger partial charge in [-0.1, -0.05) is 17.3 Å². The minimum Gasteiger partial charge on any atom is -0.494 e. The van der Waals surface area contributed by atoms with E-state index in [0.29, 0.717) is 31.3 Å². The molecular formula is C25H34N8O3. The summed E-state index contributed by atoms with van der Waals surface area (Å²) in [7, 11) is 5.19. The number of aryl methyl sites for hydroxylation is 2. The summed E-state index contributed by atoms with van der Waals surface area (Å²) in [5, 5.41) is 15.0. The van der Waals surface area contributed by atoms with Crippen LogP contribution in [-0.2, 0) is 11.8 Å². The van der Waals surface area contributed by atoms with Crippen molar-refractivity contribution in [3.8, 4) is 28.5 Å². The second-order valence-corrected chi connectivity index (χ2v) is 8.82. The van der Waals surface area contributed by atoms with Crippen molar-refractivity contribution in [3.63, 3.8) is 0 Å². The highest BCUT2D eigenvalue weighted by molar-refractivity contribution is 5.68. The smallest absolute Gasteiger partial charge is 0.409 e. The van der Waals surface area contributed by atoms with Crippen molar-refractivity contribution in [1.29, 1.82) is 0 Å². The number of rotatable bonds is 9. The lowest BCUT2D eigenvalue weighted by molar-refractivity contribution is 0.113. The van der Waals surface area contributed by atoms with Gasteiger partial charge >= 0.3 is 6.09 Å². The fourth-order valence-electron chi connectivity index (χ4n) is 4.29. The van der Waals surface area contributed by atoms with Crippen LogP contribution in [0.2, 0.25) is 0 Å². The van der Waals surface area contributed by atoms with Gasteiger partial charge in [0.15, 0.2) is 5.82 Å². The number of hydrogen-bond donors (Lipinski definition) is 2. The van der Waals surface area contributed by atoms with Crippen molar-refractivity contribution < 1.29 is 14.3 Å². The highest BCUT2D eigenvalue weighted by Crippen LogP contribution is 2.28. The average Bonchev–Trinajstić information content (AvgIpc) is 3.24. The minimum atomic E-state index is -0.285. The summed E-state index contributed by atoms with van der Waals surface area (Å²) in [6.07, 6.45) is 2.23. The van der Waals surface area contributed by atoms with E-state index in [1.54, 1.807) is 9.58 Å². The molecule has 1 aliphatic heterocycles. The minimum absolute atomic E-state index is 0.175. The number of carbonyl (C=O) groups is 1. The van der Waals surface area contributed by atoms with E-state index in [-0.39, 0.29) is 12.1 Å². The number of benzene rings is 1. The van der Waals surface area contributed by atoms with Crippen LogP contribution in [-0.4, -0.2) is 82.4 Å². The van der Waals surface area contributed by atoms with E-state index in [0.717, 1.165) is 54.2 Å². The molecule has 1 aliphatic rings. The van der Waals surface area contributed by atoms with Gasteiger partial charge < -0.3 is 25.0 Å². The molecule has 2 N–H and O–H groups in total. The molecule has 0 bridgehead atoms. The zero-order chi connectivity index (χ0) is 25.5. The van der Waals surface area contributed by atoms with E-state index < -0.39 is 0 Å². The highest BCUT2D eigenvalue weighted by atomic mass is 16.5. The monoisotopic (exact) mass is 494 g/mol. The number of anilines is 1. The second kappa shape index (κ2) is 11.8. The van der Waals surface area contributed by atoms with Crippen LogP contribution in [0.1, 0.15) is 25.0 Å². The molecule has 0 radical (unpaired) electrons. The number of ether oxygens (including phenoxy) is 2. The van der Waals surface area contributed by atoms with Crippen LogP contribution in [0.5, 0.6) is 5.75 Å². The van der Waals surface area contributed by atoms with Gasteiger partial charge in [0.25, 0.3) is 0 Å². The number of nitrogens with zero attached hydrogens (tertiary/aromatic N) is 6. The van der Waals surface area contributed by atoms with E-state index in [1.165, 1.54) is 7.11 Å². The summed E-state index contributed by atoms with van der Waals surface area (Å²) in [5.41, 5.74) is 3.22. The number of carbonyl (C=O) groups excluding carboxylic acids is 1. The summed E-state index contributed by atoms with van der Waals surface area (Å²) in [5.74, 6) is 2.08. The molecule has 11 heteroatoms. The van der Waals surface area contributed by atoms with Gasteiger partial charge in [0, 0.05) is 37.8 Å². The van der Waals surface area contributed by atoms with Crippen LogP contribution in [0, 0.1) is 6.92 Å². The molecule has 1 fully saturated rings. The van der Waals surface area contributed by atoms with Crippen LogP contribution in [0.25, 0.3) is 22.8 Å². The predicted molar refractivity (Wildman–Crippen MR) is 137 cm³/mol. The first kappa shape index (κ1) is 25.4. The molecule has 2 aromatic heterocycles. The second-order valence-electron chi connectivity index (χ2n) is 8.82. The van der Waals surface area contributed by atoms with Crippen LogP contribution in [0.3, 0.4) is 0 Å². The maximum Gasteiger partial charge on any atom is 0.409 e. The Balaban J connectivity index is 1.60. The third-order valence-electron chi connectivity index (χ3n) is 6.18. The molecule has 3 heterocycles. The van der Waals surface area contributed by atoms with E-state index in [9.17, 15) is 4.79 Å². The largest absolute Gasteiger partial charge is 0.494 e. The topological polar surface area (TPSA) is 119 Å². The van der Waals surface area contributed by atoms with Gasteiger partial charge in [-0.15, -0.1) is 5.10 Å². The lowest BCUT2D eigenvalue weighted by atomic mass is 10.1. The van der Waals surface area contributed by atoms with Crippen molar-refractivity contribution in [2.45, 2.75) is 32.2 Å². The third kappa shape index (κ3) is 6.09. The maximum absolute atomic E-state index is 11.8. The molecule has 1 amide bonds. The molecule has 0 spiro atoms. The van der Waals surface area contributed by atoms with Crippen LogP contribution < -0.4 is 15.4 Å². The Bertz CT molecular complexity index is 1150.